The Kier molecular flexibility index (Phi) is 4.35. The van der Waals surface area contributed by atoms with Crippen LogP contribution in [-0.4, -0.2) is 33.9 Å². The Morgan fingerprint density at radius 1 is 1.41 bits per heavy atom. The fourth-order valence-electron chi connectivity index (χ4n) is 2.58. The lowest BCUT2D eigenvalue weighted by Gasteiger charge is -2.34. The maximum Gasteiger partial charge on any atom is 0.287 e. The molecule has 3 heterocycles. The highest BCUT2D eigenvalue weighted by Crippen LogP contribution is 2.26. The maximum absolute atomic E-state index is 11.9. The van der Waals surface area contributed by atoms with Crippen LogP contribution in [-0.2, 0) is 7.05 Å². The molecule has 0 atom stereocenters. The first kappa shape index (κ1) is 15.3. The number of halogens is 1. The summed E-state index contributed by atoms with van der Waals surface area (Å²) in [6.45, 7) is 3.68. The van der Waals surface area contributed by atoms with Gasteiger partial charge in [0.15, 0.2) is 5.13 Å². The van der Waals surface area contributed by atoms with Gasteiger partial charge in [-0.15, -0.1) is 11.3 Å². The Hall–Kier alpha value is -1.60. The molecule has 0 amide bonds. The molecule has 1 fully saturated rings. The van der Waals surface area contributed by atoms with Gasteiger partial charge in [-0.25, -0.2) is 9.67 Å². The van der Waals surface area contributed by atoms with Crippen LogP contribution < -0.4 is 15.8 Å². The first-order valence-corrected chi connectivity index (χ1v) is 8.46. The number of anilines is 2. The molecule has 0 aliphatic carbocycles. The summed E-state index contributed by atoms with van der Waals surface area (Å²) in [7, 11) is 1.60. The van der Waals surface area contributed by atoms with Crippen LogP contribution in [0, 0.1) is 6.92 Å². The second kappa shape index (κ2) is 6.26. The quantitative estimate of drug-likeness (QED) is 0.929. The first-order chi connectivity index (χ1) is 10.5. The van der Waals surface area contributed by atoms with Crippen LogP contribution in [0.15, 0.2) is 16.4 Å². The number of hydrogen-bond donors (Lipinski definition) is 1. The van der Waals surface area contributed by atoms with Gasteiger partial charge in [0, 0.05) is 31.6 Å². The van der Waals surface area contributed by atoms with E-state index in [0.29, 0.717) is 6.04 Å². The molecule has 8 heteroatoms. The lowest BCUT2D eigenvalue weighted by molar-refractivity contribution is 0.524. The zero-order valence-corrected chi connectivity index (χ0v) is 14.1. The number of hydrogen-bond acceptors (Lipinski definition) is 6. The van der Waals surface area contributed by atoms with E-state index >= 15 is 0 Å². The molecule has 0 spiro atoms. The molecule has 0 aromatic carbocycles. The second-order valence-corrected chi connectivity index (χ2v) is 6.71. The third-order valence-electron chi connectivity index (χ3n) is 3.84. The van der Waals surface area contributed by atoms with E-state index in [1.807, 2.05) is 12.3 Å². The van der Waals surface area contributed by atoms with E-state index in [2.05, 4.69) is 20.3 Å². The van der Waals surface area contributed by atoms with Crippen molar-refractivity contribution in [3.63, 3.8) is 0 Å². The number of rotatable bonds is 3. The zero-order valence-electron chi connectivity index (χ0n) is 12.5. The van der Waals surface area contributed by atoms with E-state index in [1.54, 1.807) is 24.6 Å². The van der Waals surface area contributed by atoms with Crippen molar-refractivity contribution >= 4 is 33.8 Å². The Morgan fingerprint density at radius 2 is 2.14 bits per heavy atom. The smallest absolute Gasteiger partial charge is 0.287 e. The molecule has 0 radical (unpaired) electrons. The van der Waals surface area contributed by atoms with Crippen molar-refractivity contribution in [2.45, 2.75) is 25.8 Å². The molecule has 6 nitrogen and oxygen atoms in total. The second-order valence-electron chi connectivity index (χ2n) is 5.47. The number of piperidine rings is 1. The van der Waals surface area contributed by atoms with Gasteiger partial charge in [0.1, 0.15) is 5.02 Å². The lowest BCUT2D eigenvalue weighted by atomic mass is 10.1. The average molecular weight is 340 g/mol. The highest BCUT2D eigenvalue weighted by atomic mass is 35.5. The fraction of sp³-hybridized carbons (Fsp3) is 0.500. The fourth-order valence-corrected chi connectivity index (χ4v) is 3.64. The molecule has 118 valence electrons. The molecule has 1 saturated heterocycles. The topological polar surface area (TPSA) is 63.1 Å². The van der Waals surface area contributed by atoms with Crippen molar-refractivity contribution in [2.75, 3.05) is 23.3 Å². The van der Waals surface area contributed by atoms with Gasteiger partial charge in [0.25, 0.3) is 5.56 Å². The van der Waals surface area contributed by atoms with Crippen molar-refractivity contribution in [3.05, 3.63) is 32.6 Å². The van der Waals surface area contributed by atoms with Gasteiger partial charge in [0.05, 0.1) is 17.6 Å². The van der Waals surface area contributed by atoms with Crippen LogP contribution in [0.4, 0.5) is 10.8 Å². The molecule has 0 bridgehead atoms. The molecular formula is C14H18ClN5OS. The number of thiazole rings is 1. The molecular weight excluding hydrogens is 322 g/mol. The Morgan fingerprint density at radius 3 is 2.77 bits per heavy atom. The van der Waals surface area contributed by atoms with Gasteiger partial charge in [-0.1, -0.05) is 11.6 Å². The first-order valence-electron chi connectivity index (χ1n) is 7.20. The number of nitrogens with one attached hydrogen (secondary N) is 1. The summed E-state index contributed by atoms with van der Waals surface area (Å²) in [6, 6.07) is 0.403. The summed E-state index contributed by atoms with van der Waals surface area (Å²) in [4.78, 5) is 18.4. The zero-order chi connectivity index (χ0) is 15.7. The summed E-state index contributed by atoms with van der Waals surface area (Å²) in [6.07, 6.45) is 3.62. The standard InChI is InChI=1S/C14H18ClN5OS/c1-9-8-22-14(17-9)18-10-3-5-20(6-4-10)11-7-16-19(2)13(21)12(11)15/h7-8,10H,3-6H2,1-2H3,(H,17,18). The molecule has 1 N–H and O–H groups in total. The Balaban J connectivity index is 1.64. The third kappa shape index (κ3) is 3.10. The van der Waals surface area contributed by atoms with Crippen molar-refractivity contribution < 1.29 is 0 Å². The molecule has 1 aliphatic heterocycles. The van der Waals surface area contributed by atoms with Gasteiger partial charge in [-0.3, -0.25) is 4.79 Å². The van der Waals surface area contributed by atoms with Gasteiger partial charge in [0.2, 0.25) is 0 Å². The average Bonchev–Trinajstić information content (AvgIpc) is 2.91. The third-order valence-corrected chi connectivity index (χ3v) is 5.09. The predicted octanol–water partition coefficient (Wildman–Crippen LogP) is 2.28. The highest BCUT2D eigenvalue weighted by molar-refractivity contribution is 7.13. The summed E-state index contributed by atoms with van der Waals surface area (Å²) in [5.41, 5.74) is 1.52. The van der Waals surface area contributed by atoms with Gasteiger partial charge >= 0.3 is 0 Å². The van der Waals surface area contributed by atoms with Crippen LogP contribution in [0.2, 0.25) is 5.02 Å². The molecule has 0 saturated carbocycles. The normalized spacial score (nSPS) is 16.0. The Labute approximate surface area is 137 Å². The van der Waals surface area contributed by atoms with E-state index in [9.17, 15) is 4.79 Å². The van der Waals surface area contributed by atoms with E-state index in [-0.39, 0.29) is 10.6 Å². The van der Waals surface area contributed by atoms with Gasteiger partial charge in [-0.05, 0) is 19.8 Å². The van der Waals surface area contributed by atoms with Gasteiger partial charge in [-0.2, -0.15) is 5.10 Å². The molecule has 22 heavy (non-hydrogen) atoms. The minimum atomic E-state index is -0.252. The lowest BCUT2D eigenvalue weighted by Crippen LogP contribution is -2.40. The monoisotopic (exact) mass is 339 g/mol. The minimum absolute atomic E-state index is 0.249. The van der Waals surface area contributed by atoms with E-state index in [0.717, 1.165) is 42.4 Å². The van der Waals surface area contributed by atoms with E-state index in [1.165, 1.54) is 4.68 Å². The summed E-state index contributed by atoms with van der Waals surface area (Å²) < 4.78 is 1.25. The highest BCUT2D eigenvalue weighted by Gasteiger charge is 2.22. The minimum Gasteiger partial charge on any atom is -0.369 e. The van der Waals surface area contributed by atoms with Crippen LogP contribution in [0.25, 0.3) is 0 Å². The van der Waals surface area contributed by atoms with Crippen molar-refractivity contribution in [1.29, 1.82) is 0 Å². The SMILES string of the molecule is Cc1csc(NC2CCN(c3cnn(C)c(=O)c3Cl)CC2)n1. The molecule has 3 rings (SSSR count). The largest absolute Gasteiger partial charge is 0.369 e. The van der Waals surface area contributed by atoms with Crippen molar-refractivity contribution in [2.24, 2.45) is 7.05 Å². The van der Waals surface area contributed by atoms with E-state index < -0.39 is 0 Å². The van der Waals surface area contributed by atoms with Crippen molar-refractivity contribution in [3.8, 4) is 0 Å². The maximum atomic E-state index is 11.9. The number of aryl methyl sites for hydroxylation is 2. The van der Waals surface area contributed by atoms with Crippen molar-refractivity contribution in [1.82, 2.24) is 14.8 Å². The molecule has 1 aliphatic rings. The summed E-state index contributed by atoms with van der Waals surface area (Å²) in [5, 5.41) is 10.8. The van der Waals surface area contributed by atoms with E-state index in [4.69, 9.17) is 11.6 Å². The number of aromatic nitrogens is 3. The van der Waals surface area contributed by atoms with Gasteiger partial charge < -0.3 is 10.2 Å². The van der Waals surface area contributed by atoms with Crippen LogP contribution in [0.1, 0.15) is 18.5 Å². The molecule has 0 unspecified atom stereocenters. The van der Waals surface area contributed by atoms with Crippen LogP contribution in [0.5, 0.6) is 0 Å². The number of nitrogens with zero attached hydrogens (tertiary/aromatic N) is 4. The van der Waals surface area contributed by atoms with Crippen LogP contribution in [0.3, 0.4) is 0 Å². The van der Waals surface area contributed by atoms with Crippen LogP contribution >= 0.6 is 22.9 Å². The molecule has 2 aromatic heterocycles. The predicted molar refractivity (Wildman–Crippen MR) is 90.2 cm³/mol. The Bertz CT molecular complexity index is 720. The summed E-state index contributed by atoms with van der Waals surface area (Å²) >= 11 is 7.80. The molecule has 2 aromatic rings. The summed E-state index contributed by atoms with van der Waals surface area (Å²) in [5.74, 6) is 0.